The monoisotopic (exact) mass is 324 g/mol. The summed E-state index contributed by atoms with van der Waals surface area (Å²) in [5.41, 5.74) is 6.60. The number of aryl methyl sites for hydroxylation is 4. The minimum Gasteiger partial charge on any atom is -0.0587 e. The van der Waals surface area contributed by atoms with Crippen LogP contribution in [0, 0.1) is 27.7 Å². The Morgan fingerprint density at radius 1 is 0.696 bits per heavy atom. The quantitative estimate of drug-likeness (QED) is 0.637. The van der Waals surface area contributed by atoms with E-state index in [-0.39, 0.29) is 7.92 Å². The summed E-state index contributed by atoms with van der Waals surface area (Å²) < 4.78 is 0. The van der Waals surface area contributed by atoms with Gasteiger partial charge >= 0.3 is 0 Å². The first kappa shape index (κ1) is 16.7. The van der Waals surface area contributed by atoms with Crippen LogP contribution in [0.25, 0.3) is 0 Å². The Hall–Kier alpha value is -1.13. The van der Waals surface area contributed by atoms with Crippen molar-refractivity contribution < 1.29 is 0 Å². The Balaban J connectivity index is 2.09. The molecule has 3 rings (SSSR count). The summed E-state index contributed by atoms with van der Waals surface area (Å²) in [6.45, 7) is 9.03. The topological polar surface area (TPSA) is 0 Å². The average Bonchev–Trinajstić information content (AvgIpc) is 2.52. The maximum Gasteiger partial charge on any atom is -0.0129 e. The molecular formula is C22H29P. The fourth-order valence-electron chi connectivity index (χ4n) is 4.01. The van der Waals surface area contributed by atoms with Gasteiger partial charge in [0.05, 0.1) is 0 Å². The Morgan fingerprint density at radius 2 is 1.17 bits per heavy atom. The van der Waals surface area contributed by atoms with E-state index in [1.165, 1.54) is 54.4 Å². The van der Waals surface area contributed by atoms with Crippen molar-refractivity contribution in [3.05, 3.63) is 58.7 Å². The molecule has 1 fully saturated rings. The number of benzene rings is 2. The summed E-state index contributed by atoms with van der Waals surface area (Å²) in [4.78, 5) is 0. The minimum absolute atomic E-state index is 0.235. The zero-order chi connectivity index (χ0) is 16.4. The molecule has 0 amide bonds. The van der Waals surface area contributed by atoms with Crippen molar-refractivity contribution in [1.82, 2.24) is 0 Å². The van der Waals surface area contributed by atoms with Crippen LogP contribution in [0.3, 0.4) is 0 Å². The normalized spacial score (nSPS) is 16.0. The Bertz CT molecular complexity index is 629. The van der Waals surface area contributed by atoms with Gasteiger partial charge in [0, 0.05) is 0 Å². The van der Waals surface area contributed by atoms with Gasteiger partial charge < -0.3 is 0 Å². The van der Waals surface area contributed by atoms with Gasteiger partial charge in [-0.25, -0.2) is 0 Å². The van der Waals surface area contributed by atoms with Crippen molar-refractivity contribution in [2.24, 2.45) is 0 Å². The minimum atomic E-state index is -0.235. The van der Waals surface area contributed by atoms with E-state index in [4.69, 9.17) is 0 Å². The summed E-state index contributed by atoms with van der Waals surface area (Å²) in [5.74, 6) is 0. The number of hydrogen-bond donors (Lipinski definition) is 0. The Kier molecular flexibility index (Phi) is 5.22. The van der Waals surface area contributed by atoms with Crippen LogP contribution < -0.4 is 10.6 Å². The SMILES string of the molecule is Cc1ccc(P(c2ccc(C)cc2C)C2CCCCC2)c(C)c1. The van der Waals surface area contributed by atoms with E-state index in [0.717, 1.165) is 5.66 Å². The molecule has 0 bridgehead atoms. The highest BCUT2D eigenvalue weighted by Gasteiger charge is 2.28. The summed E-state index contributed by atoms with van der Waals surface area (Å²) in [6.07, 6.45) is 7.08. The molecule has 0 saturated heterocycles. The largest absolute Gasteiger partial charge is 0.0587 e. The van der Waals surface area contributed by atoms with Gasteiger partial charge in [-0.15, -0.1) is 0 Å². The molecule has 0 heterocycles. The molecule has 1 heteroatoms. The zero-order valence-electron chi connectivity index (χ0n) is 15.0. The first-order valence-electron chi connectivity index (χ1n) is 9.00. The Labute approximate surface area is 143 Å². The maximum absolute atomic E-state index is 2.42. The molecule has 122 valence electrons. The second kappa shape index (κ2) is 7.18. The van der Waals surface area contributed by atoms with Crippen LogP contribution in [0.2, 0.25) is 0 Å². The number of hydrogen-bond acceptors (Lipinski definition) is 0. The zero-order valence-corrected chi connectivity index (χ0v) is 15.9. The lowest BCUT2D eigenvalue weighted by Gasteiger charge is -2.33. The van der Waals surface area contributed by atoms with Gasteiger partial charge in [0.1, 0.15) is 0 Å². The lowest BCUT2D eigenvalue weighted by Crippen LogP contribution is -2.26. The van der Waals surface area contributed by atoms with E-state index in [0.29, 0.717) is 0 Å². The molecule has 0 spiro atoms. The molecule has 0 N–H and O–H groups in total. The van der Waals surface area contributed by atoms with Gasteiger partial charge in [0.2, 0.25) is 0 Å². The van der Waals surface area contributed by atoms with Crippen molar-refractivity contribution in [3.8, 4) is 0 Å². The molecular weight excluding hydrogens is 295 g/mol. The smallest absolute Gasteiger partial charge is 0.0129 e. The standard InChI is InChI=1S/C22H29P/c1-16-10-12-21(18(3)14-16)23(20-8-6-5-7-9-20)22-13-11-17(2)15-19(22)4/h10-15,20H,5-9H2,1-4H3. The van der Waals surface area contributed by atoms with E-state index in [1.807, 2.05) is 0 Å². The highest BCUT2D eigenvalue weighted by molar-refractivity contribution is 7.73. The van der Waals surface area contributed by atoms with Gasteiger partial charge in [-0.3, -0.25) is 0 Å². The predicted molar refractivity (Wildman–Crippen MR) is 105 cm³/mol. The molecule has 0 atom stereocenters. The second-order valence-electron chi connectivity index (χ2n) is 7.24. The number of rotatable bonds is 3. The van der Waals surface area contributed by atoms with Gasteiger partial charge in [-0.1, -0.05) is 66.8 Å². The third kappa shape index (κ3) is 3.69. The summed E-state index contributed by atoms with van der Waals surface area (Å²) in [6, 6.07) is 14.2. The molecule has 0 unspecified atom stereocenters. The Morgan fingerprint density at radius 3 is 1.61 bits per heavy atom. The molecule has 0 aromatic heterocycles. The van der Waals surface area contributed by atoms with Crippen molar-refractivity contribution >= 4 is 18.5 Å². The van der Waals surface area contributed by atoms with Crippen LogP contribution in [0.5, 0.6) is 0 Å². The lowest BCUT2D eigenvalue weighted by molar-refractivity contribution is 0.513. The third-order valence-corrected chi connectivity index (χ3v) is 8.45. The van der Waals surface area contributed by atoms with Crippen LogP contribution in [0.4, 0.5) is 0 Å². The van der Waals surface area contributed by atoms with Gasteiger partial charge in [-0.2, -0.15) is 0 Å². The van der Waals surface area contributed by atoms with E-state index < -0.39 is 0 Å². The van der Waals surface area contributed by atoms with Crippen LogP contribution in [-0.4, -0.2) is 5.66 Å². The van der Waals surface area contributed by atoms with E-state index in [9.17, 15) is 0 Å². The molecule has 1 aliphatic rings. The summed E-state index contributed by atoms with van der Waals surface area (Å²) in [7, 11) is -0.235. The average molecular weight is 324 g/mol. The highest BCUT2D eigenvalue weighted by Crippen LogP contribution is 2.47. The summed E-state index contributed by atoms with van der Waals surface area (Å²) >= 11 is 0. The molecule has 2 aromatic rings. The van der Waals surface area contributed by atoms with Crippen LogP contribution >= 0.6 is 7.92 Å². The summed E-state index contributed by atoms with van der Waals surface area (Å²) in [5, 5.41) is 3.23. The van der Waals surface area contributed by atoms with Gasteiger partial charge in [0.25, 0.3) is 0 Å². The highest BCUT2D eigenvalue weighted by atomic mass is 31.1. The molecule has 2 aromatic carbocycles. The van der Waals surface area contributed by atoms with Gasteiger partial charge in [0.15, 0.2) is 0 Å². The van der Waals surface area contributed by atoms with Crippen molar-refractivity contribution in [2.45, 2.75) is 65.5 Å². The molecule has 23 heavy (non-hydrogen) atoms. The second-order valence-corrected chi connectivity index (χ2v) is 9.68. The fourth-order valence-corrected chi connectivity index (χ4v) is 7.30. The molecule has 1 saturated carbocycles. The fraction of sp³-hybridized carbons (Fsp3) is 0.455. The van der Waals surface area contributed by atoms with Crippen LogP contribution in [-0.2, 0) is 0 Å². The van der Waals surface area contributed by atoms with Crippen LogP contribution in [0.15, 0.2) is 36.4 Å². The first-order chi connectivity index (χ1) is 11.1. The maximum atomic E-state index is 2.42. The molecule has 0 radical (unpaired) electrons. The van der Waals surface area contributed by atoms with Crippen LogP contribution in [0.1, 0.15) is 54.4 Å². The van der Waals surface area contributed by atoms with E-state index in [2.05, 4.69) is 64.1 Å². The molecule has 0 aliphatic heterocycles. The van der Waals surface area contributed by atoms with Gasteiger partial charge in [-0.05, 0) is 75.9 Å². The van der Waals surface area contributed by atoms with Crippen molar-refractivity contribution in [3.63, 3.8) is 0 Å². The predicted octanol–water partition coefficient (Wildman–Crippen LogP) is 5.69. The lowest BCUT2D eigenvalue weighted by atomic mass is 10.0. The van der Waals surface area contributed by atoms with E-state index in [1.54, 1.807) is 10.6 Å². The van der Waals surface area contributed by atoms with Crippen molar-refractivity contribution in [2.75, 3.05) is 0 Å². The molecule has 1 aliphatic carbocycles. The van der Waals surface area contributed by atoms with E-state index >= 15 is 0 Å². The first-order valence-corrected chi connectivity index (χ1v) is 10.4. The molecule has 0 nitrogen and oxygen atoms in total. The van der Waals surface area contributed by atoms with Crippen molar-refractivity contribution in [1.29, 1.82) is 0 Å². The third-order valence-electron chi connectivity index (χ3n) is 5.16.